The molecule has 188 valence electrons. The zero-order valence-electron chi connectivity index (χ0n) is 20.9. The average molecular weight is 538 g/mol. The van der Waals surface area contributed by atoms with Crippen LogP contribution in [0.25, 0.3) is 22.7 Å². The molecular formula is C31H24ClN3O2S. The van der Waals surface area contributed by atoms with Crippen LogP contribution >= 0.6 is 22.9 Å². The molecule has 1 aliphatic heterocycles. The number of aromatic amines is 1. The minimum Gasteiger partial charge on any atom is -0.497 e. The number of thiazole rings is 1. The summed E-state index contributed by atoms with van der Waals surface area (Å²) in [5, 5.41) is 1.78. The molecule has 1 N–H and O–H groups in total. The molecule has 0 saturated heterocycles. The number of fused-ring (bicyclic) bond motifs is 4. The van der Waals surface area contributed by atoms with Crippen molar-refractivity contribution < 1.29 is 4.74 Å². The highest BCUT2D eigenvalue weighted by Gasteiger charge is 2.32. The molecule has 2 aromatic heterocycles. The summed E-state index contributed by atoms with van der Waals surface area (Å²) < 4.78 is 8.02. The second kappa shape index (κ2) is 8.86. The lowest BCUT2D eigenvalue weighted by atomic mass is 9.83. The van der Waals surface area contributed by atoms with E-state index >= 15 is 0 Å². The van der Waals surface area contributed by atoms with Crippen LogP contribution in [0, 0.1) is 6.92 Å². The van der Waals surface area contributed by atoms with E-state index in [0.29, 0.717) is 14.4 Å². The predicted octanol–water partition coefficient (Wildman–Crippen LogP) is 5.77. The number of allylic oxidation sites excluding steroid dienone is 1. The zero-order chi connectivity index (χ0) is 26.0. The Balaban J connectivity index is 1.49. The molecule has 3 aromatic carbocycles. The Morgan fingerprint density at radius 1 is 1.11 bits per heavy atom. The molecule has 7 rings (SSSR count). The van der Waals surface area contributed by atoms with E-state index in [1.165, 1.54) is 16.9 Å². The summed E-state index contributed by atoms with van der Waals surface area (Å²) >= 11 is 7.69. The molecule has 1 aliphatic carbocycles. The fraction of sp³-hybridized carbons (Fsp3) is 0.161. The topological polar surface area (TPSA) is 59.4 Å². The third kappa shape index (κ3) is 3.59. The van der Waals surface area contributed by atoms with Gasteiger partial charge < -0.3 is 9.72 Å². The summed E-state index contributed by atoms with van der Waals surface area (Å²) in [5.74, 6) is 0.844. The molecule has 5 nitrogen and oxygen atoms in total. The van der Waals surface area contributed by atoms with E-state index in [1.807, 2.05) is 60.0 Å². The first-order valence-corrected chi connectivity index (χ1v) is 13.8. The number of halogens is 1. The molecule has 3 heterocycles. The van der Waals surface area contributed by atoms with Crippen LogP contribution in [0.5, 0.6) is 5.75 Å². The highest BCUT2D eigenvalue weighted by Crippen LogP contribution is 2.42. The van der Waals surface area contributed by atoms with E-state index in [1.54, 1.807) is 7.11 Å². The molecule has 0 fully saturated rings. The van der Waals surface area contributed by atoms with Crippen molar-refractivity contribution in [3.63, 3.8) is 0 Å². The molecule has 0 amide bonds. The van der Waals surface area contributed by atoms with Crippen molar-refractivity contribution in [1.82, 2.24) is 9.55 Å². The van der Waals surface area contributed by atoms with Crippen molar-refractivity contribution in [2.45, 2.75) is 25.8 Å². The molecule has 7 heteroatoms. The smallest absolute Gasteiger partial charge is 0.271 e. The van der Waals surface area contributed by atoms with Gasteiger partial charge in [-0.1, -0.05) is 53.3 Å². The summed E-state index contributed by atoms with van der Waals surface area (Å²) in [6.07, 6.45) is 3.69. The zero-order valence-corrected chi connectivity index (χ0v) is 22.5. The maximum atomic E-state index is 14.0. The molecule has 2 aliphatic rings. The van der Waals surface area contributed by atoms with E-state index in [4.69, 9.17) is 21.3 Å². The average Bonchev–Trinajstić information content (AvgIpc) is 3.42. The maximum Gasteiger partial charge on any atom is 0.271 e. The monoisotopic (exact) mass is 537 g/mol. The number of hydrogen-bond donors (Lipinski definition) is 1. The van der Waals surface area contributed by atoms with Gasteiger partial charge in [-0.3, -0.25) is 9.36 Å². The van der Waals surface area contributed by atoms with Crippen LogP contribution < -0.4 is 19.6 Å². The number of nitrogens with zero attached hydrogens (tertiary/aromatic N) is 2. The Morgan fingerprint density at radius 3 is 2.74 bits per heavy atom. The van der Waals surface area contributed by atoms with Crippen molar-refractivity contribution in [1.29, 1.82) is 0 Å². The number of methoxy groups -OCH3 is 1. The van der Waals surface area contributed by atoms with Gasteiger partial charge in [-0.2, -0.15) is 0 Å². The van der Waals surface area contributed by atoms with Gasteiger partial charge in [0.15, 0.2) is 4.80 Å². The lowest BCUT2D eigenvalue weighted by molar-refractivity contribution is 0.414. The molecule has 0 spiro atoms. The van der Waals surface area contributed by atoms with Gasteiger partial charge in [-0.05, 0) is 78.9 Å². The van der Waals surface area contributed by atoms with Crippen LogP contribution in [-0.2, 0) is 6.42 Å². The predicted molar refractivity (Wildman–Crippen MR) is 154 cm³/mol. The second-order valence-corrected chi connectivity index (χ2v) is 11.2. The largest absolute Gasteiger partial charge is 0.497 e. The van der Waals surface area contributed by atoms with E-state index < -0.39 is 0 Å². The van der Waals surface area contributed by atoms with E-state index in [2.05, 4.69) is 29.2 Å². The standard InChI is InChI=1S/C31H24ClN3O2S/c1-17-25(23-5-3-4-6-26(23)33-17)16-27-30(36)35-29(18-7-10-20(32)11-8-18)24-13-9-19-15-21(37-2)12-14-22(19)28(24)34-31(35)38-27/h3-8,10-12,14-16,29,33H,9,13H2,1-2H3/b27-16-. The molecule has 5 aromatic rings. The lowest BCUT2D eigenvalue weighted by Gasteiger charge is -2.31. The normalized spacial score (nSPS) is 16.7. The second-order valence-electron chi connectivity index (χ2n) is 9.74. The van der Waals surface area contributed by atoms with Crippen LogP contribution in [0.2, 0.25) is 5.02 Å². The van der Waals surface area contributed by atoms with Crippen LogP contribution in [0.15, 0.2) is 82.1 Å². The summed E-state index contributed by atoms with van der Waals surface area (Å²) in [7, 11) is 1.69. The molecule has 0 saturated carbocycles. The number of para-hydroxylation sites is 1. The van der Waals surface area contributed by atoms with Crippen molar-refractivity contribution in [3.05, 3.63) is 125 Å². The van der Waals surface area contributed by atoms with Gasteiger partial charge in [0.05, 0.1) is 23.4 Å². The van der Waals surface area contributed by atoms with Gasteiger partial charge in [-0.15, -0.1) is 0 Å². The fourth-order valence-corrected chi connectivity index (χ4v) is 6.86. The van der Waals surface area contributed by atoms with Crippen molar-refractivity contribution in [2.24, 2.45) is 4.99 Å². The minimum absolute atomic E-state index is 0.0227. The highest BCUT2D eigenvalue weighted by atomic mass is 35.5. The van der Waals surface area contributed by atoms with Crippen LogP contribution in [0.4, 0.5) is 0 Å². The minimum atomic E-state index is -0.236. The summed E-state index contributed by atoms with van der Waals surface area (Å²) in [6, 6.07) is 21.9. The number of aryl methyl sites for hydroxylation is 2. The molecule has 0 radical (unpaired) electrons. The van der Waals surface area contributed by atoms with E-state index in [0.717, 1.165) is 63.1 Å². The Kier molecular flexibility index (Phi) is 5.42. The van der Waals surface area contributed by atoms with Crippen molar-refractivity contribution in [2.75, 3.05) is 7.11 Å². The first-order valence-electron chi connectivity index (χ1n) is 12.6. The van der Waals surface area contributed by atoms with Gasteiger partial charge in [0.1, 0.15) is 5.75 Å². The van der Waals surface area contributed by atoms with E-state index in [-0.39, 0.29) is 11.6 Å². The Morgan fingerprint density at radius 2 is 1.92 bits per heavy atom. The molecule has 0 bridgehead atoms. The summed E-state index contributed by atoms with van der Waals surface area (Å²) in [6.45, 7) is 2.04. The van der Waals surface area contributed by atoms with Crippen LogP contribution in [0.1, 0.15) is 40.4 Å². The SMILES string of the molecule is COc1ccc2c(c1)CCC1=C2N=c2s/c(=C\c3c(C)[nH]c4ccccc34)c(=O)n2C1c1ccc(Cl)cc1. The number of hydrogen-bond acceptors (Lipinski definition) is 4. The Bertz CT molecular complexity index is 1960. The lowest BCUT2D eigenvalue weighted by Crippen LogP contribution is -2.38. The van der Waals surface area contributed by atoms with E-state index in [9.17, 15) is 4.79 Å². The number of ether oxygens (including phenoxy) is 1. The molecule has 38 heavy (non-hydrogen) atoms. The van der Waals surface area contributed by atoms with Crippen LogP contribution in [-0.4, -0.2) is 16.7 Å². The quantitative estimate of drug-likeness (QED) is 0.317. The number of benzene rings is 3. The number of rotatable bonds is 3. The fourth-order valence-electron chi connectivity index (χ4n) is 5.75. The number of H-pyrrole nitrogens is 1. The van der Waals surface area contributed by atoms with Crippen molar-refractivity contribution >= 4 is 45.6 Å². The first-order chi connectivity index (χ1) is 18.5. The molecule has 1 atom stereocenters. The van der Waals surface area contributed by atoms with Gasteiger partial charge in [0.25, 0.3) is 5.56 Å². The Labute approximate surface area is 228 Å². The van der Waals surface area contributed by atoms with Gasteiger partial charge in [0.2, 0.25) is 0 Å². The van der Waals surface area contributed by atoms with Gasteiger partial charge in [-0.25, -0.2) is 4.99 Å². The number of nitrogens with one attached hydrogen (secondary N) is 1. The van der Waals surface area contributed by atoms with Crippen molar-refractivity contribution in [3.8, 4) is 5.75 Å². The van der Waals surface area contributed by atoms with Crippen LogP contribution in [0.3, 0.4) is 0 Å². The maximum absolute atomic E-state index is 14.0. The third-order valence-corrected chi connectivity index (χ3v) is 8.81. The highest BCUT2D eigenvalue weighted by molar-refractivity contribution is 7.07. The molecule has 1 unspecified atom stereocenters. The third-order valence-electron chi connectivity index (χ3n) is 7.57. The summed E-state index contributed by atoms with van der Waals surface area (Å²) in [4.78, 5) is 23.3. The first kappa shape index (κ1) is 23.3. The van der Waals surface area contributed by atoms with Gasteiger partial charge in [0, 0.05) is 32.7 Å². The van der Waals surface area contributed by atoms with Gasteiger partial charge >= 0.3 is 0 Å². The number of aromatic nitrogens is 2. The molecular weight excluding hydrogens is 514 g/mol. The summed E-state index contributed by atoms with van der Waals surface area (Å²) in [5.41, 5.74) is 8.59. The Hall–Kier alpha value is -3.87.